The van der Waals surface area contributed by atoms with Crippen molar-refractivity contribution >= 4 is 35.0 Å². The number of nitrogens with zero attached hydrogens (tertiary/aromatic N) is 3. The van der Waals surface area contributed by atoms with E-state index in [1.54, 1.807) is 18.0 Å². The van der Waals surface area contributed by atoms with Gasteiger partial charge in [-0.15, -0.1) is 10.2 Å². The number of para-hydroxylation sites is 2. The van der Waals surface area contributed by atoms with Crippen molar-refractivity contribution in [1.29, 1.82) is 0 Å². The van der Waals surface area contributed by atoms with Crippen LogP contribution in [0, 0.1) is 5.82 Å². The number of halogens is 2. The zero-order valence-electron chi connectivity index (χ0n) is 13.6. The highest BCUT2D eigenvalue weighted by molar-refractivity contribution is 7.99. The summed E-state index contributed by atoms with van der Waals surface area (Å²) in [5.74, 6) is -0.0428. The van der Waals surface area contributed by atoms with E-state index in [1.165, 1.54) is 30.0 Å². The second-order valence-electron chi connectivity index (χ2n) is 5.12. The van der Waals surface area contributed by atoms with E-state index in [0.717, 1.165) is 5.69 Å². The normalized spacial score (nSPS) is 10.6. The van der Waals surface area contributed by atoms with Gasteiger partial charge in [0.2, 0.25) is 5.91 Å². The summed E-state index contributed by atoms with van der Waals surface area (Å²) < 4.78 is 20.2. The summed E-state index contributed by atoms with van der Waals surface area (Å²) in [7, 11) is 1.58. The van der Waals surface area contributed by atoms with Crippen molar-refractivity contribution in [3.63, 3.8) is 0 Å². The lowest BCUT2D eigenvalue weighted by molar-refractivity contribution is -0.113. The van der Waals surface area contributed by atoms with Crippen LogP contribution in [0.2, 0.25) is 5.02 Å². The number of amides is 1. The van der Waals surface area contributed by atoms with Crippen LogP contribution in [0.1, 0.15) is 0 Å². The maximum Gasteiger partial charge on any atom is 0.234 e. The van der Waals surface area contributed by atoms with E-state index < -0.39 is 5.82 Å². The van der Waals surface area contributed by atoms with Gasteiger partial charge >= 0.3 is 0 Å². The van der Waals surface area contributed by atoms with Gasteiger partial charge in [0, 0.05) is 5.69 Å². The van der Waals surface area contributed by atoms with Gasteiger partial charge in [0.25, 0.3) is 0 Å². The van der Waals surface area contributed by atoms with Crippen LogP contribution in [0.25, 0.3) is 5.69 Å². The number of nitrogens with one attached hydrogen (secondary N) is 1. The molecule has 1 amide bonds. The molecule has 0 bridgehead atoms. The number of methoxy groups -OCH3 is 1. The highest BCUT2D eigenvalue weighted by Gasteiger charge is 2.13. The second kappa shape index (κ2) is 8.20. The van der Waals surface area contributed by atoms with Crippen LogP contribution in [-0.2, 0) is 4.79 Å². The van der Waals surface area contributed by atoms with Crippen molar-refractivity contribution in [1.82, 2.24) is 14.8 Å². The topological polar surface area (TPSA) is 69.0 Å². The molecule has 0 spiro atoms. The Bertz CT molecular complexity index is 935. The van der Waals surface area contributed by atoms with Crippen LogP contribution < -0.4 is 10.1 Å². The molecule has 0 atom stereocenters. The summed E-state index contributed by atoms with van der Waals surface area (Å²) in [5.41, 5.74) is 1.20. The summed E-state index contributed by atoms with van der Waals surface area (Å²) in [6.07, 6.45) is 1.55. The molecule has 26 heavy (non-hydrogen) atoms. The van der Waals surface area contributed by atoms with Crippen molar-refractivity contribution in [2.45, 2.75) is 5.16 Å². The molecule has 0 fully saturated rings. The van der Waals surface area contributed by atoms with E-state index in [0.29, 0.717) is 16.6 Å². The van der Waals surface area contributed by atoms with Gasteiger partial charge in [-0.2, -0.15) is 0 Å². The summed E-state index contributed by atoms with van der Waals surface area (Å²) >= 11 is 6.92. The molecule has 2 aromatic carbocycles. The molecule has 0 unspecified atom stereocenters. The average molecular weight is 393 g/mol. The summed E-state index contributed by atoms with van der Waals surface area (Å²) in [4.78, 5) is 12.1. The third-order valence-corrected chi connectivity index (χ3v) is 4.63. The fourth-order valence-corrected chi connectivity index (χ4v) is 3.12. The molecule has 1 heterocycles. The van der Waals surface area contributed by atoms with Gasteiger partial charge in [-0.25, -0.2) is 4.39 Å². The molecule has 0 aliphatic carbocycles. The molecule has 0 aliphatic heterocycles. The summed E-state index contributed by atoms with van der Waals surface area (Å²) in [5, 5.41) is 11.1. The first-order chi connectivity index (χ1) is 12.6. The molecule has 3 aromatic rings. The molecule has 9 heteroatoms. The van der Waals surface area contributed by atoms with Gasteiger partial charge in [0.05, 0.1) is 23.6 Å². The third kappa shape index (κ3) is 4.14. The lowest BCUT2D eigenvalue weighted by atomic mass is 10.3. The van der Waals surface area contributed by atoms with Crippen molar-refractivity contribution in [3.05, 3.63) is 59.6 Å². The van der Waals surface area contributed by atoms with Gasteiger partial charge in [-0.05, 0) is 30.3 Å². The Morgan fingerprint density at radius 2 is 2.15 bits per heavy atom. The van der Waals surface area contributed by atoms with Crippen LogP contribution in [0.5, 0.6) is 5.75 Å². The number of carbonyl (C=O) groups is 1. The maximum atomic E-state index is 13.2. The second-order valence-corrected chi connectivity index (χ2v) is 6.47. The SMILES string of the molecule is COc1ccccc1-n1cnnc1SCC(=O)Nc1ccc(F)c(Cl)c1. The molecule has 1 N–H and O–H groups in total. The Balaban J connectivity index is 1.68. The first-order valence-electron chi connectivity index (χ1n) is 7.49. The van der Waals surface area contributed by atoms with E-state index in [2.05, 4.69) is 15.5 Å². The zero-order chi connectivity index (χ0) is 18.5. The number of aromatic nitrogens is 3. The third-order valence-electron chi connectivity index (χ3n) is 3.40. The van der Waals surface area contributed by atoms with E-state index in [9.17, 15) is 9.18 Å². The number of hydrogen-bond donors (Lipinski definition) is 1. The minimum absolute atomic E-state index is 0.0497. The average Bonchev–Trinajstić information content (AvgIpc) is 3.11. The van der Waals surface area contributed by atoms with Gasteiger partial charge in [0.1, 0.15) is 17.9 Å². The number of ether oxygens (including phenoxy) is 1. The van der Waals surface area contributed by atoms with Crippen molar-refractivity contribution in [2.75, 3.05) is 18.2 Å². The molecule has 0 radical (unpaired) electrons. The summed E-state index contributed by atoms with van der Waals surface area (Å²) in [6.45, 7) is 0. The summed E-state index contributed by atoms with van der Waals surface area (Å²) in [6, 6.07) is 11.4. The van der Waals surface area contributed by atoms with Gasteiger partial charge in [-0.1, -0.05) is 35.5 Å². The van der Waals surface area contributed by atoms with Crippen LogP contribution in [-0.4, -0.2) is 33.5 Å². The minimum atomic E-state index is -0.538. The Labute approximate surface area is 158 Å². The van der Waals surface area contributed by atoms with Crippen LogP contribution in [0.3, 0.4) is 0 Å². The number of rotatable bonds is 6. The Kier molecular flexibility index (Phi) is 5.75. The molecule has 0 saturated carbocycles. The highest BCUT2D eigenvalue weighted by Crippen LogP contribution is 2.26. The first-order valence-corrected chi connectivity index (χ1v) is 8.86. The Morgan fingerprint density at radius 1 is 1.35 bits per heavy atom. The molecule has 0 saturated heterocycles. The molecule has 134 valence electrons. The molecular weight excluding hydrogens is 379 g/mol. The number of benzene rings is 2. The smallest absolute Gasteiger partial charge is 0.234 e. The van der Waals surface area contributed by atoms with E-state index in [1.807, 2.05) is 24.3 Å². The van der Waals surface area contributed by atoms with Gasteiger partial charge in [0.15, 0.2) is 5.16 Å². The predicted molar refractivity (Wildman–Crippen MR) is 98.7 cm³/mol. The largest absolute Gasteiger partial charge is 0.495 e. The monoisotopic (exact) mass is 392 g/mol. The number of anilines is 1. The van der Waals surface area contributed by atoms with E-state index in [-0.39, 0.29) is 16.7 Å². The van der Waals surface area contributed by atoms with Crippen molar-refractivity contribution in [3.8, 4) is 11.4 Å². The number of carbonyl (C=O) groups excluding carboxylic acids is 1. The molecule has 1 aromatic heterocycles. The Hall–Kier alpha value is -2.58. The molecule has 6 nitrogen and oxygen atoms in total. The quantitative estimate of drug-likeness (QED) is 0.646. The first kappa shape index (κ1) is 18.2. The molecular formula is C17H14ClFN4O2S. The van der Waals surface area contributed by atoms with Crippen LogP contribution >= 0.6 is 23.4 Å². The fraction of sp³-hybridized carbons (Fsp3) is 0.118. The van der Waals surface area contributed by atoms with E-state index in [4.69, 9.17) is 16.3 Å². The number of hydrogen-bond acceptors (Lipinski definition) is 5. The standard InChI is InChI=1S/C17H14ClFN4O2S/c1-25-15-5-3-2-4-14(15)23-10-20-22-17(23)26-9-16(24)21-11-6-7-13(19)12(18)8-11/h2-8,10H,9H2,1H3,(H,21,24). The zero-order valence-corrected chi connectivity index (χ0v) is 15.2. The minimum Gasteiger partial charge on any atom is -0.495 e. The van der Waals surface area contributed by atoms with Crippen LogP contribution in [0.15, 0.2) is 53.9 Å². The van der Waals surface area contributed by atoms with E-state index >= 15 is 0 Å². The highest BCUT2D eigenvalue weighted by atomic mass is 35.5. The lowest BCUT2D eigenvalue weighted by Crippen LogP contribution is -2.14. The van der Waals surface area contributed by atoms with Crippen molar-refractivity contribution < 1.29 is 13.9 Å². The van der Waals surface area contributed by atoms with Crippen LogP contribution in [0.4, 0.5) is 10.1 Å². The number of thioether (sulfide) groups is 1. The Morgan fingerprint density at radius 3 is 2.92 bits per heavy atom. The van der Waals surface area contributed by atoms with Gasteiger partial charge in [-0.3, -0.25) is 9.36 Å². The lowest BCUT2D eigenvalue weighted by Gasteiger charge is -2.10. The van der Waals surface area contributed by atoms with Crippen molar-refractivity contribution in [2.24, 2.45) is 0 Å². The maximum absolute atomic E-state index is 13.2. The molecule has 0 aliphatic rings. The van der Waals surface area contributed by atoms with Gasteiger partial charge < -0.3 is 10.1 Å². The fourth-order valence-electron chi connectivity index (χ4n) is 2.22. The predicted octanol–water partition coefficient (Wildman–Crippen LogP) is 3.80. The molecule has 3 rings (SSSR count).